The molecule has 1 aliphatic carbocycles. The average molecular weight is 367 g/mol. The number of nitriles is 2. The fourth-order valence-electron chi connectivity index (χ4n) is 3.20. The Morgan fingerprint density at radius 1 is 1.26 bits per heavy atom. The van der Waals surface area contributed by atoms with Crippen LogP contribution < -0.4 is 14.8 Å². The number of amides is 1. The van der Waals surface area contributed by atoms with Crippen molar-refractivity contribution in [2.45, 2.75) is 45.6 Å². The molecule has 1 aromatic carbocycles. The third-order valence-electron chi connectivity index (χ3n) is 4.66. The highest BCUT2D eigenvalue weighted by molar-refractivity contribution is 6.01. The Kier molecular flexibility index (Phi) is 7.70. The molecule has 2 atom stereocenters. The van der Waals surface area contributed by atoms with Crippen molar-refractivity contribution in [2.75, 3.05) is 13.2 Å². The maximum absolute atomic E-state index is 12.5. The molecule has 6 nitrogen and oxygen atoms in total. The maximum Gasteiger partial charge on any atom is 0.262 e. The van der Waals surface area contributed by atoms with Crippen molar-refractivity contribution in [3.63, 3.8) is 0 Å². The molecule has 0 unspecified atom stereocenters. The summed E-state index contributed by atoms with van der Waals surface area (Å²) < 4.78 is 10.9. The van der Waals surface area contributed by atoms with Crippen LogP contribution in [0.3, 0.4) is 0 Å². The van der Waals surface area contributed by atoms with Crippen molar-refractivity contribution >= 4 is 12.0 Å². The molecule has 1 aliphatic rings. The van der Waals surface area contributed by atoms with Crippen molar-refractivity contribution in [1.82, 2.24) is 5.32 Å². The molecule has 1 fully saturated rings. The fourth-order valence-corrected chi connectivity index (χ4v) is 3.20. The number of carbonyl (C=O) groups excluding carboxylic acids is 1. The van der Waals surface area contributed by atoms with E-state index in [0.717, 1.165) is 19.3 Å². The quantitative estimate of drug-likeness (QED) is 0.587. The molecule has 6 heteroatoms. The summed E-state index contributed by atoms with van der Waals surface area (Å²) in [5, 5.41) is 21.1. The van der Waals surface area contributed by atoms with Gasteiger partial charge in [0, 0.05) is 6.04 Å². The second kappa shape index (κ2) is 10.2. The second-order valence-electron chi connectivity index (χ2n) is 6.60. The number of ether oxygens (including phenoxy) is 2. The number of nitrogens with one attached hydrogen (secondary N) is 1. The van der Waals surface area contributed by atoms with Gasteiger partial charge in [-0.25, -0.2) is 0 Å². The van der Waals surface area contributed by atoms with Gasteiger partial charge in [0.15, 0.2) is 18.1 Å². The van der Waals surface area contributed by atoms with E-state index >= 15 is 0 Å². The maximum atomic E-state index is 12.5. The molecule has 0 saturated heterocycles. The summed E-state index contributed by atoms with van der Waals surface area (Å²) in [6, 6.07) is 9.11. The number of hydrogen-bond acceptors (Lipinski definition) is 5. The summed E-state index contributed by atoms with van der Waals surface area (Å²) in [5.41, 5.74) is 0.715. The third kappa shape index (κ3) is 5.76. The molecule has 1 amide bonds. The predicted octanol–water partition coefficient (Wildman–Crippen LogP) is 3.59. The molecule has 142 valence electrons. The van der Waals surface area contributed by atoms with Gasteiger partial charge in [-0.3, -0.25) is 4.79 Å². The first-order valence-corrected chi connectivity index (χ1v) is 9.28. The first kappa shape index (κ1) is 20.3. The van der Waals surface area contributed by atoms with Crippen LogP contribution in [0.2, 0.25) is 0 Å². The lowest BCUT2D eigenvalue weighted by atomic mass is 9.86. The van der Waals surface area contributed by atoms with Gasteiger partial charge in [0.1, 0.15) is 17.7 Å². The number of rotatable bonds is 7. The van der Waals surface area contributed by atoms with Crippen molar-refractivity contribution in [1.29, 1.82) is 10.5 Å². The molecule has 1 saturated carbocycles. The molecule has 2 rings (SSSR count). The van der Waals surface area contributed by atoms with Crippen LogP contribution in [0.5, 0.6) is 11.5 Å². The topological polar surface area (TPSA) is 95.1 Å². The lowest BCUT2D eigenvalue weighted by Crippen LogP contribution is -2.41. The molecule has 0 heterocycles. The minimum atomic E-state index is -0.348. The Bertz CT molecular complexity index is 774. The van der Waals surface area contributed by atoms with Gasteiger partial charge in [-0.15, -0.1) is 0 Å². The lowest BCUT2D eigenvalue weighted by molar-refractivity contribution is -0.118. The molecule has 1 aromatic rings. The Morgan fingerprint density at radius 2 is 2.04 bits per heavy atom. The highest BCUT2D eigenvalue weighted by Crippen LogP contribution is 2.29. The SMILES string of the molecule is CCOc1cc(/C=C(\C#N)C(=O)N[C@H]2CCCC[C@H]2C)ccc1OCC#N. The van der Waals surface area contributed by atoms with Gasteiger partial charge >= 0.3 is 0 Å². The fraction of sp³-hybridized carbons (Fsp3) is 0.476. The van der Waals surface area contributed by atoms with Gasteiger partial charge in [-0.1, -0.05) is 25.8 Å². The summed E-state index contributed by atoms with van der Waals surface area (Å²) in [7, 11) is 0. The summed E-state index contributed by atoms with van der Waals surface area (Å²) in [4.78, 5) is 12.5. The number of carbonyl (C=O) groups is 1. The first-order chi connectivity index (χ1) is 13.1. The highest BCUT2D eigenvalue weighted by atomic mass is 16.5. The van der Waals surface area contributed by atoms with Crippen LogP contribution in [0.4, 0.5) is 0 Å². The molecule has 0 radical (unpaired) electrons. The highest BCUT2D eigenvalue weighted by Gasteiger charge is 2.24. The molecular weight excluding hydrogens is 342 g/mol. The van der Waals surface area contributed by atoms with Crippen LogP contribution >= 0.6 is 0 Å². The molecular formula is C21H25N3O3. The van der Waals surface area contributed by atoms with Crippen molar-refractivity contribution in [3.8, 4) is 23.6 Å². The lowest BCUT2D eigenvalue weighted by Gasteiger charge is -2.29. The van der Waals surface area contributed by atoms with Gasteiger partial charge in [-0.05, 0) is 49.5 Å². The van der Waals surface area contributed by atoms with E-state index in [1.807, 2.05) is 19.1 Å². The zero-order valence-corrected chi connectivity index (χ0v) is 15.8. The van der Waals surface area contributed by atoms with Crippen molar-refractivity contribution in [3.05, 3.63) is 29.3 Å². The molecule has 0 aromatic heterocycles. The van der Waals surface area contributed by atoms with E-state index in [2.05, 4.69) is 12.2 Å². The zero-order chi connectivity index (χ0) is 19.6. The van der Waals surface area contributed by atoms with Gasteiger partial charge in [-0.2, -0.15) is 10.5 Å². The van der Waals surface area contributed by atoms with E-state index in [9.17, 15) is 10.1 Å². The number of nitrogens with zero attached hydrogens (tertiary/aromatic N) is 2. The van der Waals surface area contributed by atoms with Crippen LogP contribution in [0.25, 0.3) is 6.08 Å². The summed E-state index contributed by atoms with van der Waals surface area (Å²) in [6.45, 7) is 4.33. The molecule has 27 heavy (non-hydrogen) atoms. The number of hydrogen-bond donors (Lipinski definition) is 1. The molecule has 0 spiro atoms. The van der Waals surface area contributed by atoms with E-state index in [1.54, 1.807) is 24.3 Å². The summed E-state index contributed by atoms with van der Waals surface area (Å²) in [5.74, 6) is 0.998. The standard InChI is InChI=1S/C21H25N3O3/c1-3-26-20-13-16(8-9-19(20)27-11-10-22)12-17(14-23)21(25)24-18-7-5-4-6-15(18)2/h8-9,12-13,15,18H,3-7,11H2,1-2H3,(H,24,25)/b17-12+/t15-,18+/m1/s1. The van der Waals surface area contributed by atoms with Crippen LogP contribution in [0.15, 0.2) is 23.8 Å². The Hall–Kier alpha value is -2.99. The zero-order valence-electron chi connectivity index (χ0n) is 15.8. The predicted molar refractivity (Wildman–Crippen MR) is 102 cm³/mol. The van der Waals surface area contributed by atoms with Gasteiger partial charge in [0.2, 0.25) is 0 Å². The van der Waals surface area contributed by atoms with E-state index < -0.39 is 0 Å². The molecule has 1 N–H and O–H groups in total. The van der Waals surface area contributed by atoms with Crippen LogP contribution in [0.1, 0.15) is 45.1 Å². The van der Waals surface area contributed by atoms with E-state index in [1.165, 1.54) is 6.42 Å². The Balaban J connectivity index is 2.18. The van der Waals surface area contributed by atoms with Crippen LogP contribution in [-0.2, 0) is 4.79 Å². The minimum Gasteiger partial charge on any atom is -0.490 e. The van der Waals surface area contributed by atoms with Gasteiger partial charge < -0.3 is 14.8 Å². The summed E-state index contributed by atoms with van der Waals surface area (Å²) >= 11 is 0. The van der Waals surface area contributed by atoms with Gasteiger partial charge in [0.25, 0.3) is 5.91 Å². The minimum absolute atomic E-state index is 0.0564. The van der Waals surface area contributed by atoms with E-state index in [0.29, 0.717) is 29.6 Å². The van der Waals surface area contributed by atoms with E-state index in [4.69, 9.17) is 14.7 Å². The van der Waals surface area contributed by atoms with Crippen LogP contribution in [-0.4, -0.2) is 25.2 Å². The first-order valence-electron chi connectivity index (χ1n) is 9.28. The van der Waals surface area contributed by atoms with Crippen molar-refractivity contribution in [2.24, 2.45) is 5.92 Å². The monoisotopic (exact) mass is 367 g/mol. The average Bonchev–Trinajstić information content (AvgIpc) is 2.67. The summed E-state index contributed by atoms with van der Waals surface area (Å²) in [6.07, 6.45) is 5.88. The van der Waals surface area contributed by atoms with E-state index in [-0.39, 0.29) is 24.1 Å². The molecule has 0 bridgehead atoms. The molecule has 0 aliphatic heterocycles. The second-order valence-corrected chi connectivity index (χ2v) is 6.60. The smallest absolute Gasteiger partial charge is 0.262 e. The number of benzene rings is 1. The van der Waals surface area contributed by atoms with Crippen molar-refractivity contribution < 1.29 is 14.3 Å². The Labute approximate surface area is 160 Å². The third-order valence-corrected chi connectivity index (χ3v) is 4.66. The van der Waals surface area contributed by atoms with Crippen LogP contribution in [0, 0.1) is 28.6 Å². The normalized spacial score (nSPS) is 19.5. The largest absolute Gasteiger partial charge is 0.490 e. The van der Waals surface area contributed by atoms with Gasteiger partial charge in [0.05, 0.1) is 6.61 Å². The Morgan fingerprint density at radius 3 is 2.70 bits per heavy atom.